The number of hydrogen-bond donors (Lipinski definition) is 1. The summed E-state index contributed by atoms with van der Waals surface area (Å²) in [7, 11) is 0. The number of aryl methyl sites for hydroxylation is 1. The lowest BCUT2D eigenvalue weighted by atomic mass is 10.1. The zero-order valence-corrected chi connectivity index (χ0v) is 12.2. The molecule has 6 heteroatoms. The third-order valence-corrected chi connectivity index (χ3v) is 3.60. The Hall–Kier alpha value is -2.40. The van der Waals surface area contributed by atoms with Gasteiger partial charge in [-0.1, -0.05) is 23.7 Å². The maximum atomic E-state index is 13.2. The highest BCUT2D eigenvalue weighted by atomic mass is 35.5. The molecule has 0 fully saturated rings. The van der Waals surface area contributed by atoms with E-state index in [2.05, 4.69) is 5.32 Å². The normalized spacial score (nSPS) is 10.9. The first kappa shape index (κ1) is 14.5. The molecule has 1 aromatic heterocycles. The Kier molecular flexibility index (Phi) is 3.58. The average Bonchev–Trinajstić information content (AvgIpc) is 2.82. The smallest absolute Gasteiger partial charge is 0.291 e. The number of furan rings is 1. The minimum absolute atomic E-state index is 0.0767. The van der Waals surface area contributed by atoms with Crippen molar-refractivity contribution in [2.45, 2.75) is 6.92 Å². The van der Waals surface area contributed by atoms with Crippen molar-refractivity contribution in [3.8, 4) is 0 Å². The van der Waals surface area contributed by atoms with Gasteiger partial charge in [-0.3, -0.25) is 4.79 Å². The number of nitrogens with one attached hydrogen (secondary N) is 1. The molecule has 3 nitrogen and oxygen atoms in total. The lowest BCUT2D eigenvalue weighted by Crippen LogP contribution is -2.12. The van der Waals surface area contributed by atoms with Crippen molar-refractivity contribution in [1.82, 2.24) is 0 Å². The average molecular weight is 322 g/mol. The van der Waals surface area contributed by atoms with Crippen LogP contribution >= 0.6 is 11.6 Å². The summed E-state index contributed by atoms with van der Waals surface area (Å²) in [6, 6.07) is 8.30. The van der Waals surface area contributed by atoms with Gasteiger partial charge in [0.2, 0.25) is 0 Å². The van der Waals surface area contributed by atoms with Gasteiger partial charge in [0.1, 0.15) is 0 Å². The second-order valence-electron chi connectivity index (χ2n) is 4.76. The van der Waals surface area contributed by atoms with E-state index >= 15 is 0 Å². The van der Waals surface area contributed by atoms with Crippen LogP contribution in [0.5, 0.6) is 0 Å². The first-order chi connectivity index (χ1) is 10.5. The van der Waals surface area contributed by atoms with E-state index in [0.29, 0.717) is 16.2 Å². The van der Waals surface area contributed by atoms with E-state index in [9.17, 15) is 13.6 Å². The Labute approximate surface area is 129 Å². The molecular formula is C16H10ClF2NO2. The predicted octanol–water partition coefficient (Wildman–Crippen LogP) is 4.93. The zero-order valence-electron chi connectivity index (χ0n) is 11.4. The molecule has 0 aliphatic carbocycles. The summed E-state index contributed by atoms with van der Waals surface area (Å²) in [4.78, 5) is 12.2. The minimum atomic E-state index is -1.04. The second-order valence-corrected chi connectivity index (χ2v) is 5.16. The number of hydrogen-bond acceptors (Lipinski definition) is 2. The van der Waals surface area contributed by atoms with E-state index in [-0.39, 0.29) is 11.4 Å². The third kappa shape index (κ3) is 2.44. The van der Waals surface area contributed by atoms with Gasteiger partial charge >= 0.3 is 0 Å². The summed E-state index contributed by atoms with van der Waals surface area (Å²) in [6.07, 6.45) is 0. The summed E-state index contributed by atoms with van der Waals surface area (Å²) in [6.45, 7) is 1.72. The Morgan fingerprint density at radius 2 is 1.95 bits per heavy atom. The summed E-state index contributed by atoms with van der Waals surface area (Å²) in [5.74, 6) is -2.50. The van der Waals surface area contributed by atoms with Gasteiger partial charge in [0.15, 0.2) is 23.0 Å². The van der Waals surface area contributed by atoms with Gasteiger partial charge in [0, 0.05) is 22.7 Å². The maximum Gasteiger partial charge on any atom is 0.291 e. The number of benzene rings is 2. The highest BCUT2D eigenvalue weighted by molar-refractivity contribution is 6.35. The van der Waals surface area contributed by atoms with E-state index in [1.54, 1.807) is 25.1 Å². The summed E-state index contributed by atoms with van der Waals surface area (Å²) in [5, 5.41) is 3.59. The fourth-order valence-electron chi connectivity index (χ4n) is 2.19. The number of amides is 1. The standard InChI is InChI=1S/C16H10ClF2NO2/c1-8-10-3-2-4-11(17)15(10)22-14(8)16(21)20-9-5-6-12(18)13(19)7-9/h2-7H,1H3,(H,20,21). The number of fused-ring (bicyclic) bond motifs is 1. The van der Waals surface area contributed by atoms with E-state index in [0.717, 1.165) is 17.5 Å². The molecule has 0 aliphatic heterocycles. The van der Waals surface area contributed by atoms with Crippen LogP contribution in [0.15, 0.2) is 40.8 Å². The molecule has 1 heterocycles. The van der Waals surface area contributed by atoms with Crippen molar-refractivity contribution >= 4 is 34.2 Å². The fraction of sp³-hybridized carbons (Fsp3) is 0.0625. The monoisotopic (exact) mass is 321 g/mol. The third-order valence-electron chi connectivity index (χ3n) is 3.30. The Morgan fingerprint density at radius 3 is 2.64 bits per heavy atom. The minimum Gasteiger partial charge on any atom is -0.449 e. The first-order valence-electron chi connectivity index (χ1n) is 6.41. The molecule has 3 aromatic rings. The quantitative estimate of drug-likeness (QED) is 0.727. The molecule has 0 saturated heterocycles. The molecular weight excluding hydrogens is 312 g/mol. The summed E-state index contributed by atoms with van der Waals surface area (Å²) >= 11 is 6.03. The van der Waals surface area contributed by atoms with Gasteiger partial charge in [0.25, 0.3) is 5.91 Å². The van der Waals surface area contributed by atoms with Crippen molar-refractivity contribution < 1.29 is 18.0 Å². The van der Waals surface area contributed by atoms with Crippen LogP contribution in [0.2, 0.25) is 5.02 Å². The summed E-state index contributed by atoms with van der Waals surface area (Å²) < 4.78 is 31.6. The van der Waals surface area contributed by atoms with Crippen molar-refractivity contribution in [3.63, 3.8) is 0 Å². The SMILES string of the molecule is Cc1c(C(=O)Nc2ccc(F)c(F)c2)oc2c(Cl)cccc12. The zero-order chi connectivity index (χ0) is 15.9. The van der Waals surface area contributed by atoms with Crippen LogP contribution in [0.25, 0.3) is 11.0 Å². The molecule has 0 aliphatic rings. The van der Waals surface area contributed by atoms with Crippen LogP contribution in [0.4, 0.5) is 14.5 Å². The molecule has 0 atom stereocenters. The highest BCUT2D eigenvalue weighted by Gasteiger charge is 2.19. The lowest BCUT2D eigenvalue weighted by Gasteiger charge is -2.04. The van der Waals surface area contributed by atoms with Gasteiger partial charge in [-0.05, 0) is 25.1 Å². The van der Waals surface area contributed by atoms with Gasteiger partial charge in [-0.25, -0.2) is 8.78 Å². The predicted molar refractivity (Wildman–Crippen MR) is 80.3 cm³/mol. The molecule has 112 valence electrons. The second kappa shape index (κ2) is 5.42. The largest absolute Gasteiger partial charge is 0.449 e. The molecule has 1 amide bonds. The van der Waals surface area contributed by atoms with Gasteiger partial charge in [0.05, 0.1) is 5.02 Å². The van der Waals surface area contributed by atoms with E-state index in [4.69, 9.17) is 16.0 Å². The molecule has 0 spiro atoms. The van der Waals surface area contributed by atoms with Gasteiger partial charge in [-0.2, -0.15) is 0 Å². The van der Waals surface area contributed by atoms with Gasteiger partial charge < -0.3 is 9.73 Å². The molecule has 22 heavy (non-hydrogen) atoms. The molecule has 0 bridgehead atoms. The van der Waals surface area contributed by atoms with Gasteiger partial charge in [-0.15, -0.1) is 0 Å². The topological polar surface area (TPSA) is 42.2 Å². The van der Waals surface area contributed by atoms with Crippen LogP contribution in [-0.2, 0) is 0 Å². The van der Waals surface area contributed by atoms with Crippen molar-refractivity contribution in [2.75, 3.05) is 5.32 Å². The van der Waals surface area contributed by atoms with Crippen molar-refractivity contribution in [3.05, 3.63) is 64.4 Å². The lowest BCUT2D eigenvalue weighted by molar-refractivity contribution is 0.0998. The molecule has 2 aromatic carbocycles. The Balaban J connectivity index is 1.97. The molecule has 3 rings (SSSR count). The molecule has 1 N–H and O–H groups in total. The van der Waals surface area contributed by atoms with Crippen molar-refractivity contribution in [2.24, 2.45) is 0 Å². The highest BCUT2D eigenvalue weighted by Crippen LogP contribution is 2.31. The van der Waals surface area contributed by atoms with Crippen LogP contribution < -0.4 is 5.32 Å². The van der Waals surface area contributed by atoms with E-state index in [1.165, 1.54) is 6.07 Å². The number of rotatable bonds is 2. The van der Waals surface area contributed by atoms with Crippen LogP contribution in [0.1, 0.15) is 16.1 Å². The number of halogens is 3. The number of carbonyl (C=O) groups is 1. The molecule has 0 radical (unpaired) electrons. The number of carbonyl (C=O) groups excluding carboxylic acids is 1. The van der Waals surface area contributed by atoms with Crippen LogP contribution in [0, 0.1) is 18.6 Å². The first-order valence-corrected chi connectivity index (χ1v) is 6.79. The van der Waals surface area contributed by atoms with Crippen LogP contribution in [0.3, 0.4) is 0 Å². The Morgan fingerprint density at radius 1 is 1.18 bits per heavy atom. The Bertz CT molecular complexity index is 889. The number of anilines is 1. The summed E-state index contributed by atoms with van der Waals surface area (Å²) in [5.41, 5.74) is 1.17. The fourth-order valence-corrected chi connectivity index (χ4v) is 2.40. The van der Waals surface area contributed by atoms with E-state index in [1.807, 2.05) is 0 Å². The van der Waals surface area contributed by atoms with Crippen molar-refractivity contribution in [1.29, 1.82) is 0 Å². The van der Waals surface area contributed by atoms with E-state index < -0.39 is 17.5 Å². The molecule has 0 saturated carbocycles. The maximum absolute atomic E-state index is 13.2. The molecule has 0 unspecified atom stereocenters. The number of para-hydroxylation sites is 1. The van der Waals surface area contributed by atoms with Crippen LogP contribution in [-0.4, -0.2) is 5.91 Å².